The van der Waals surface area contributed by atoms with Crippen LogP contribution >= 0.6 is 0 Å². The highest BCUT2D eigenvalue weighted by molar-refractivity contribution is 7.91. The average Bonchev–Trinajstić information content (AvgIpc) is 3.01. The highest BCUT2D eigenvalue weighted by Crippen LogP contribution is 2.18. The third kappa shape index (κ3) is 4.59. The molecule has 0 bridgehead atoms. The van der Waals surface area contributed by atoms with E-state index in [0.717, 1.165) is 17.8 Å². The van der Waals surface area contributed by atoms with Gasteiger partial charge in [0.2, 0.25) is 5.91 Å². The maximum absolute atomic E-state index is 12.9. The van der Waals surface area contributed by atoms with Gasteiger partial charge in [0.25, 0.3) is 0 Å². The molecule has 0 aliphatic carbocycles. The van der Waals surface area contributed by atoms with Crippen molar-refractivity contribution in [3.05, 3.63) is 72.2 Å². The van der Waals surface area contributed by atoms with Gasteiger partial charge in [0.15, 0.2) is 9.84 Å². The molecule has 8 heteroatoms. The zero-order valence-electron chi connectivity index (χ0n) is 14.6. The number of anilines is 1. The van der Waals surface area contributed by atoms with Crippen LogP contribution in [-0.4, -0.2) is 29.9 Å². The Balaban J connectivity index is 1.69. The highest BCUT2D eigenvalue weighted by Gasteiger charge is 2.18. The minimum atomic E-state index is -3.67. The van der Waals surface area contributed by atoms with Gasteiger partial charge < -0.3 is 5.32 Å². The molecule has 0 aliphatic rings. The first-order chi connectivity index (χ1) is 12.8. The van der Waals surface area contributed by atoms with Crippen molar-refractivity contribution in [1.29, 1.82) is 0 Å². The van der Waals surface area contributed by atoms with Crippen LogP contribution in [0.25, 0.3) is 5.69 Å². The minimum absolute atomic E-state index is 0.0122. The molecule has 0 atom stereocenters. The lowest BCUT2D eigenvalue weighted by Gasteiger charge is -2.09. The first kappa shape index (κ1) is 18.8. The molecule has 0 aliphatic heterocycles. The van der Waals surface area contributed by atoms with Crippen LogP contribution in [0, 0.1) is 12.7 Å². The zero-order chi connectivity index (χ0) is 19.4. The van der Waals surface area contributed by atoms with Crippen LogP contribution in [-0.2, 0) is 14.6 Å². The smallest absolute Gasteiger partial charge is 0.226 e. The van der Waals surface area contributed by atoms with Gasteiger partial charge in [-0.05, 0) is 43.3 Å². The van der Waals surface area contributed by atoms with Gasteiger partial charge in [0, 0.05) is 12.5 Å². The third-order valence-corrected chi connectivity index (χ3v) is 5.60. The molecular formula is C19H18FN3O3S. The largest absolute Gasteiger partial charge is 0.311 e. The van der Waals surface area contributed by atoms with E-state index in [1.165, 1.54) is 12.1 Å². The number of hydrogen-bond donors (Lipinski definition) is 1. The van der Waals surface area contributed by atoms with Crippen LogP contribution in [0.1, 0.15) is 12.1 Å². The number of amides is 1. The van der Waals surface area contributed by atoms with E-state index in [1.54, 1.807) is 17.7 Å². The maximum Gasteiger partial charge on any atom is 0.226 e. The molecule has 1 N–H and O–H groups in total. The van der Waals surface area contributed by atoms with Gasteiger partial charge in [-0.25, -0.2) is 17.5 Å². The fraction of sp³-hybridized carbons (Fsp3) is 0.158. The molecule has 0 saturated carbocycles. The van der Waals surface area contributed by atoms with E-state index < -0.39 is 21.6 Å². The Kier molecular flexibility index (Phi) is 5.36. The van der Waals surface area contributed by atoms with Crippen LogP contribution < -0.4 is 5.32 Å². The molecule has 1 amide bonds. The van der Waals surface area contributed by atoms with E-state index in [0.29, 0.717) is 11.5 Å². The van der Waals surface area contributed by atoms with Crippen molar-refractivity contribution in [1.82, 2.24) is 9.78 Å². The summed E-state index contributed by atoms with van der Waals surface area (Å²) in [7, 11) is -3.67. The molecule has 6 nitrogen and oxygen atoms in total. The van der Waals surface area contributed by atoms with Gasteiger partial charge in [-0.1, -0.05) is 18.2 Å². The third-order valence-electron chi connectivity index (χ3n) is 3.87. The molecule has 1 aromatic heterocycles. The summed E-state index contributed by atoms with van der Waals surface area (Å²) in [4.78, 5) is 12.2. The van der Waals surface area contributed by atoms with E-state index in [-0.39, 0.29) is 17.1 Å². The number of sulfone groups is 1. The quantitative estimate of drug-likeness (QED) is 0.659. The van der Waals surface area contributed by atoms with Crippen molar-refractivity contribution in [2.75, 3.05) is 11.1 Å². The summed E-state index contributed by atoms with van der Waals surface area (Å²) >= 11 is 0. The van der Waals surface area contributed by atoms with Crippen molar-refractivity contribution in [2.24, 2.45) is 0 Å². The van der Waals surface area contributed by atoms with E-state index >= 15 is 0 Å². The summed E-state index contributed by atoms with van der Waals surface area (Å²) in [5.74, 6) is -0.875. The number of aryl methyl sites for hydroxylation is 1. The van der Waals surface area contributed by atoms with E-state index in [4.69, 9.17) is 0 Å². The molecule has 140 valence electrons. The molecule has 0 unspecified atom stereocenters. The van der Waals surface area contributed by atoms with Crippen molar-refractivity contribution in [2.45, 2.75) is 18.2 Å². The first-order valence-corrected chi connectivity index (χ1v) is 9.91. The highest BCUT2D eigenvalue weighted by atomic mass is 32.2. The predicted molar refractivity (Wildman–Crippen MR) is 100 cm³/mol. The maximum atomic E-state index is 12.9. The average molecular weight is 387 g/mol. The topological polar surface area (TPSA) is 81.1 Å². The molecule has 1 heterocycles. The van der Waals surface area contributed by atoms with Crippen LogP contribution in [0.4, 0.5) is 10.2 Å². The van der Waals surface area contributed by atoms with Crippen LogP contribution in [0.2, 0.25) is 0 Å². The van der Waals surface area contributed by atoms with Crippen molar-refractivity contribution in [3.63, 3.8) is 0 Å². The van der Waals surface area contributed by atoms with E-state index in [2.05, 4.69) is 10.4 Å². The molecule has 0 radical (unpaired) electrons. The van der Waals surface area contributed by atoms with Crippen molar-refractivity contribution in [3.8, 4) is 5.69 Å². The molecule has 3 rings (SSSR count). The summed E-state index contributed by atoms with van der Waals surface area (Å²) in [6, 6.07) is 15.5. The predicted octanol–water partition coefficient (Wildman–Crippen LogP) is 3.12. The number of halogens is 1. The standard InChI is InChI=1S/C19H18FN3O3S/c1-14-13-18(23(22-14)16-5-3-2-4-6-16)21-19(24)11-12-27(25,26)17-9-7-15(20)8-10-17/h2-10,13H,11-12H2,1H3,(H,21,24). The van der Waals surface area contributed by atoms with Gasteiger partial charge >= 0.3 is 0 Å². The lowest BCUT2D eigenvalue weighted by molar-refractivity contribution is -0.115. The Hall–Kier alpha value is -3.00. The summed E-state index contributed by atoms with van der Waals surface area (Å²) in [5.41, 5.74) is 1.49. The molecule has 2 aromatic carbocycles. The number of benzene rings is 2. The van der Waals surface area contributed by atoms with E-state index in [9.17, 15) is 17.6 Å². The first-order valence-electron chi connectivity index (χ1n) is 8.25. The molecule has 0 fully saturated rings. The zero-order valence-corrected chi connectivity index (χ0v) is 15.4. The number of nitrogens with one attached hydrogen (secondary N) is 1. The SMILES string of the molecule is Cc1cc(NC(=O)CCS(=O)(=O)c2ccc(F)cc2)n(-c2ccccc2)n1. The Morgan fingerprint density at radius 1 is 1.11 bits per heavy atom. The fourth-order valence-electron chi connectivity index (χ4n) is 2.55. The lowest BCUT2D eigenvalue weighted by atomic mass is 10.3. The van der Waals surface area contributed by atoms with Gasteiger partial charge in [0.05, 0.1) is 22.0 Å². The number of hydrogen-bond acceptors (Lipinski definition) is 4. The Labute approximate surface area is 156 Å². The van der Waals surface area contributed by atoms with Crippen LogP contribution in [0.15, 0.2) is 65.6 Å². The second kappa shape index (κ2) is 7.71. The van der Waals surface area contributed by atoms with Gasteiger partial charge in [-0.3, -0.25) is 4.79 Å². The van der Waals surface area contributed by atoms with Crippen LogP contribution in [0.5, 0.6) is 0 Å². The van der Waals surface area contributed by atoms with Crippen molar-refractivity contribution < 1.29 is 17.6 Å². The lowest BCUT2D eigenvalue weighted by Crippen LogP contribution is -2.19. The van der Waals surface area contributed by atoms with Crippen molar-refractivity contribution >= 4 is 21.6 Å². The number of aromatic nitrogens is 2. The summed E-state index contributed by atoms with van der Waals surface area (Å²) in [6.07, 6.45) is -0.223. The molecule has 0 spiro atoms. The Morgan fingerprint density at radius 3 is 2.44 bits per heavy atom. The van der Waals surface area contributed by atoms with Gasteiger partial charge in [-0.15, -0.1) is 0 Å². The number of rotatable bonds is 6. The molecule has 27 heavy (non-hydrogen) atoms. The summed E-state index contributed by atoms with van der Waals surface area (Å²) in [6.45, 7) is 1.80. The van der Waals surface area contributed by atoms with Crippen LogP contribution in [0.3, 0.4) is 0 Å². The minimum Gasteiger partial charge on any atom is -0.311 e. The molecular weight excluding hydrogens is 369 g/mol. The normalized spacial score (nSPS) is 11.3. The van der Waals surface area contributed by atoms with Gasteiger partial charge in [-0.2, -0.15) is 5.10 Å². The molecule has 0 saturated heterocycles. The summed E-state index contributed by atoms with van der Waals surface area (Å²) < 4.78 is 39.1. The number of nitrogens with zero attached hydrogens (tertiary/aromatic N) is 2. The monoisotopic (exact) mass is 387 g/mol. The second-order valence-corrected chi connectivity index (χ2v) is 8.10. The number of para-hydroxylation sites is 1. The van der Waals surface area contributed by atoms with Gasteiger partial charge in [0.1, 0.15) is 11.6 Å². The molecule has 3 aromatic rings. The second-order valence-electron chi connectivity index (χ2n) is 5.99. The number of carbonyl (C=O) groups excluding carboxylic acids is 1. The summed E-state index contributed by atoms with van der Waals surface area (Å²) in [5, 5.41) is 7.05. The Morgan fingerprint density at radius 2 is 1.78 bits per heavy atom. The Bertz CT molecular complexity index is 1050. The number of carbonyl (C=O) groups is 1. The fourth-order valence-corrected chi connectivity index (χ4v) is 3.79. The van der Waals surface area contributed by atoms with E-state index in [1.807, 2.05) is 30.3 Å².